The number of hydrogen-bond acceptors (Lipinski definition) is 2. The molecule has 0 aliphatic rings. The SMILES string of the molecule is Cc1cc(C)c(CN=C(C(=NCc2c(C)cc(C)cc2C)c2ccccc2)c2ccccc2)c(C)c1. The van der Waals surface area contributed by atoms with Gasteiger partial charge in [-0.15, -0.1) is 0 Å². The summed E-state index contributed by atoms with van der Waals surface area (Å²) in [7, 11) is 0. The average Bonchev–Trinajstić information content (AvgIpc) is 2.84. The molecular formula is C34H36N2. The Kier molecular flexibility index (Phi) is 7.95. The van der Waals surface area contributed by atoms with Crippen LogP contribution in [0.1, 0.15) is 55.6 Å². The minimum absolute atomic E-state index is 0.622. The molecule has 0 aliphatic heterocycles. The van der Waals surface area contributed by atoms with E-state index < -0.39 is 0 Å². The normalized spacial score (nSPS) is 12.2. The van der Waals surface area contributed by atoms with Crippen LogP contribution in [0.5, 0.6) is 0 Å². The van der Waals surface area contributed by atoms with Crippen molar-refractivity contribution in [3.8, 4) is 0 Å². The van der Waals surface area contributed by atoms with Crippen molar-refractivity contribution in [2.75, 3.05) is 0 Å². The third-order valence-electron chi connectivity index (χ3n) is 6.79. The quantitative estimate of drug-likeness (QED) is 0.242. The molecule has 0 saturated carbocycles. The van der Waals surface area contributed by atoms with Gasteiger partial charge in [-0.1, -0.05) is 96.1 Å². The Bertz CT molecular complexity index is 1250. The van der Waals surface area contributed by atoms with Gasteiger partial charge in [0.2, 0.25) is 0 Å². The maximum atomic E-state index is 5.25. The third-order valence-corrected chi connectivity index (χ3v) is 6.79. The zero-order valence-electron chi connectivity index (χ0n) is 22.4. The summed E-state index contributed by atoms with van der Waals surface area (Å²) in [5, 5.41) is 0. The van der Waals surface area contributed by atoms with Crippen LogP contribution in [0.3, 0.4) is 0 Å². The lowest BCUT2D eigenvalue weighted by Gasteiger charge is -2.15. The van der Waals surface area contributed by atoms with E-state index in [0.717, 1.165) is 22.6 Å². The Morgan fingerprint density at radius 3 is 1.08 bits per heavy atom. The molecule has 0 aliphatic carbocycles. The molecule has 0 amide bonds. The number of hydrogen-bond donors (Lipinski definition) is 0. The molecule has 4 aromatic carbocycles. The lowest BCUT2D eigenvalue weighted by atomic mass is 9.97. The first-order valence-corrected chi connectivity index (χ1v) is 12.7. The first-order valence-electron chi connectivity index (χ1n) is 12.7. The highest BCUT2D eigenvalue weighted by molar-refractivity contribution is 6.53. The van der Waals surface area contributed by atoms with Crippen molar-refractivity contribution in [2.45, 2.75) is 54.6 Å². The van der Waals surface area contributed by atoms with Crippen LogP contribution in [0.15, 0.2) is 94.9 Å². The molecule has 0 atom stereocenters. The maximum absolute atomic E-state index is 5.25. The number of aliphatic imine (C=N–C) groups is 2. The zero-order valence-corrected chi connectivity index (χ0v) is 22.4. The molecule has 0 saturated heterocycles. The second kappa shape index (κ2) is 11.3. The molecule has 2 nitrogen and oxygen atoms in total. The van der Waals surface area contributed by atoms with Gasteiger partial charge in [-0.3, -0.25) is 9.98 Å². The Morgan fingerprint density at radius 1 is 0.472 bits per heavy atom. The van der Waals surface area contributed by atoms with E-state index in [0.29, 0.717) is 13.1 Å². The lowest BCUT2D eigenvalue weighted by Crippen LogP contribution is -2.18. The van der Waals surface area contributed by atoms with Gasteiger partial charge in [-0.05, 0) is 74.9 Å². The van der Waals surface area contributed by atoms with Crippen LogP contribution in [-0.4, -0.2) is 11.4 Å². The molecule has 4 aromatic rings. The Balaban J connectivity index is 1.85. The highest BCUT2D eigenvalue weighted by Gasteiger charge is 2.16. The summed E-state index contributed by atoms with van der Waals surface area (Å²) in [6.07, 6.45) is 0. The predicted molar refractivity (Wildman–Crippen MR) is 155 cm³/mol. The van der Waals surface area contributed by atoms with Crippen molar-refractivity contribution in [1.29, 1.82) is 0 Å². The molecule has 0 spiro atoms. The summed E-state index contributed by atoms with van der Waals surface area (Å²) in [6.45, 7) is 14.3. The average molecular weight is 473 g/mol. The molecule has 0 aromatic heterocycles. The molecule has 182 valence electrons. The van der Waals surface area contributed by atoms with E-state index in [4.69, 9.17) is 9.98 Å². The Labute approximate surface area is 216 Å². The minimum Gasteiger partial charge on any atom is -0.278 e. The topological polar surface area (TPSA) is 24.7 Å². The summed E-state index contributed by atoms with van der Waals surface area (Å²) >= 11 is 0. The van der Waals surface area contributed by atoms with E-state index in [2.05, 4.69) is 114 Å². The second-order valence-corrected chi connectivity index (χ2v) is 9.82. The van der Waals surface area contributed by atoms with Crippen molar-refractivity contribution in [1.82, 2.24) is 0 Å². The van der Waals surface area contributed by atoms with Crippen LogP contribution in [0, 0.1) is 41.5 Å². The summed E-state index contributed by atoms with van der Waals surface area (Å²) in [4.78, 5) is 10.5. The predicted octanol–water partition coefficient (Wildman–Crippen LogP) is 8.22. The van der Waals surface area contributed by atoms with E-state index in [1.54, 1.807) is 0 Å². The molecule has 0 unspecified atom stereocenters. The summed E-state index contributed by atoms with van der Waals surface area (Å²) in [6, 6.07) is 29.9. The first kappa shape index (κ1) is 25.3. The van der Waals surface area contributed by atoms with Crippen LogP contribution in [-0.2, 0) is 13.1 Å². The van der Waals surface area contributed by atoms with Gasteiger partial charge >= 0.3 is 0 Å². The number of rotatable bonds is 7. The summed E-state index contributed by atoms with van der Waals surface area (Å²) in [5.74, 6) is 0. The van der Waals surface area contributed by atoms with Gasteiger partial charge in [0.05, 0.1) is 24.5 Å². The van der Waals surface area contributed by atoms with Gasteiger partial charge in [0.15, 0.2) is 0 Å². The largest absolute Gasteiger partial charge is 0.278 e. The smallest absolute Gasteiger partial charge is 0.0909 e. The fourth-order valence-corrected chi connectivity index (χ4v) is 5.03. The molecule has 0 N–H and O–H groups in total. The van der Waals surface area contributed by atoms with E-state index in [9.17, 15) is 0 Å². The van der Waals surface area contributed by atoms with Crippen LogP contribution in [0.25, 0.3) is 0 Å². The zero-order chi connectivity index (χ0) is 25.7. The number of nitrogens with zero attached hydrogens (tertiary/aromatic N) is 2. The monoisotopic (exact) mass is 472 g/mol. The van der Waals surface area contributed by atoms with E-state index in [1.807, 2.05) is 12.1 Å². The third kappa shape index (κ3) is 5.88. The molecule has 36 heavy (non-hydrogen) atoms. The molecule has 0 radical (unpaired) electrons. The molecular weight excluding hydrogens is 436 g/mol. The molecule has 0 bridgehead atoms. The second-order valence-electron chi connectivity index (χ2n) is 9.82. The summed E-state index contributed by atoms with van der Waals surface area (Å²) in [5.41, 5.74) is 14.3. The minimum atomic E-state index is 0.622. The van der Waals surface area contributed by atoms with Crippen molar-refractivity contribution in [2.24, 2.45) is 9.98 Å². The van der Waals surface area contributed by atoms with Crippen LogP contribution in [0.2, 0.25) is 0 Å². The van der Waals surface area contributed by atoms with Crippen molar-refractivity contribution in [3.05, 3.63) is 141 Å². The maximum Gasteiger partial charge on any atom is 0.0909 e. The van der Waals surface area contributed by atoms with Crippen LogP contribution >= 0.6 is 0 Å². The molecule has 4 rings (SSSR count). The lowest BCUT2D eigenvalue weighted by molar-refractivity contribution is 1.01. The molecule has 2 heteroatoms. The van der Waals surface area contributed by atoms with Gasteiger partial charge in [0.1, 0.15) is 0 Å². The number of benzene rings is 4. The van der Waals surface area contributed by atoms with Crippen LogP contribution in [0.4, 0.5) is 0 Å². The van der Waals surface area contributed by atoms with Gasteiger partial charge in [-0.25, -0.2) is 0 Å². The highest BCUT2D eigenvalue weighted by Crippen LogP contribution is 2.21. The van der Waals surface area contributed by atoms with Crippen LogP contribution < -0.4 is 0 Å². The fraction of sp³-hybridized carbons (Fsp3) is 0.235. The fourth-order valence-electron chi connectivity index (χ4n) is 5.03. The number of aryl methyl sites for hydroxylation is 6. The molecule has 0 fully saturated rings. The Hall–Kier alpha value is -3.78. The highest BCUT2D eigenvalue weighted by atomic mass is 14.8. The van der Waals surface area contributed by atoms with E-state index in [-0.39, 0.29) is 0 Å². The summed E-state index contributed by atoms with van der Waals surface area (Å²) < 4.78 is 0. The Morgan fingerprint density at radius 2 is 0.778 bits per heavy atom. The van der Waals surface area contributed by atoms with Gasteiger partial charge < -0.3 is 0 Å². The van der Waals surface area contributed by atoms with Crippen molar-refractivity contribution >= 4 is 11.4 Å². The van der Waals surface area contributed by atoms with E-state index in [1.165, 1.54) is 44.5 Å². The van der Waals surface area contributed by atoms with Gasteiger partial charge in [0.25, 0.3) is 0 Å². The van der Waals surface area contributed by atoms with Crippen molar-refractivity contribution < 1.29 is 0 Å². The molecule has 0 heterocycles. The van der Waals surface area contributed by atoms with Crippen molar-refractivity contribution in [3.63, 3.8) is 0 Å². The standard InChI is InChI=1S/C34H36N2/c1-23-17-25(3)31(26(4)18-23)21-35-33(29-13-9-7-10-14-29)34(30-15-11-8-12-16-30)36-22-32-27(5)19-24(2)20-28(32)6/h7-20H,21-22H2,1-6H3. The van der Waals surface area contributed by atoms with Gasteiger partial charge in [-0.2, -0.15) is 0 Å². The van der Waals surface area contributed by atoms with E-state index >= 15 is 0 Å². The first-order chi connectivity index (χ1) is 17.3. The van der Waals surface area contributed by atoms with Gasteiger partial charge in [0, 0.05) is 11.1 Å².